The predicted molar refractivity (Wildman–Crippen MR) is 59.2 cm³/mol. The molecular weight excluding hydrogens is 182 g/mol. The van der Waals surface area contributed by atoms with Crippen LogP contribution in [-0.2, 0) is 0 Å². The first kappa shape index (κ1) is 11.3. The average Bonchev–Trinajstić information content (AvgIpc) is 2.47. The molecule has 2 nitrogen and oxygen atoms in total. The van der Waals surface area contributed by atoms with E-state index in [0.29, 0.717) is 12.0 Å². The van der Waals surface area contributed by atoms with Gasteiger partial charge in [-0.25, -0.2) is 0 Å². The Morgan fingerprint density at radius 3 is 2.69 bits per heavy atom. The molecule has 0 aromatic heterocycles. The number of hydrogen-bond acceptors (Lipinski definition) is 3. The molecule has 3 heteroatoms. The van der Waals surface area contributed by atoms with E-state index in [1.807, 2.05) is 11.8 Å². The molecule has 1 fully saturated rings. The Morgan fingerprint density at radius 2 is 2.23 bits per heavy atom. The van der Waals surface area contributed by atoms with Crippen molar-refractivity contribution in [1.82, 2.24) is 5.32 Å². The smallest absolute Gasteiger partial charge is 0.0687 e. The first-order valence-corrected chi connectivity index (χ1v) is 6.17. The van der Waals surface area contributed by atoms with Crippen LogP contribution < -0.4 is 5.32 Å². The Hall–Kier alpha value is 0.270. The normalized spacial score (nSPS) is 31.2. The molecule has 0 spiro atoms. The summed E-state index contributed by atoms with van der Waals surface area (Å²) in [7, 11) is 0. The highest BCUT2D eigenvalue weighted by molar-refractivity contribution is 8.00. The first-order valence-electron chi connectivity index (χ1n) is 5.12. The van der Waals surface area contributed by atoms with E-state index in [4.69, 9.17) is 0 Å². The van der Waals surface area contributed by atoms with Crippen molar-refractivity contribution >= 4 is 11.8 Å². The molecule has 1 aliphatic heterocycles. The molecule has 3 unspecified atom stereocenters. The molecule has 78 valence electrons. The van der Waals surface area contributed by atoms with Crippen LogP contribution in [0, 0.1) is 5.92 Å². The zero-order chi connectivity index (χ0) is 9.84. The number of aliphatic hydroxyl groups is 1. The minimum Gasteiger partial charge on any atom is -0.392 e. The lowest BCUT2D eigenvalue weighted by molar-refractivity contribution is 0.121. The van der Waals surface area contributed by atoms with Crippen LogP contribution in [0.2, 0.25) is 0 Å². The largest absolute Gasteiger partial charge is 0.392 e. The van der Waals surface area contributed by atoms with Gasteiger partial charge in [0.2, 0.25) is 0 Å². The molecule has 1 aliphatic rings. The summed E-state index contributed by atoms with van der Waals surface area (Å²) in [6, 6.07) is 0.619. The van der Waals surface area contributed by atoms with Crippen LogP contribution in [0.15, 0.2) is 0 Å². The summed E-state index contributed by atoms with van der Waals surface area (Å²) in [5.74, 6) is 1.56. The van der Waals surface area contributed by atoms with Crippen LogP contribution in [0.3, 0.4) is 0 Å². The third-order valence-electron chi connectivity index (χ3n) is 2.58. The van der Waals surface area contributed by atoms with Crippen LogP contribution in [0.5, 0.6) is 0 Å². The van der Waals surface area contributed by atoms with E-state index in [-0.39, 0.29) is 6.10 Å². The van der Waals surface area contributed by atoms with Crippen LogP contribution >= 0.6 is 11.8 Å². The maximum absolute atomic E-state index is 9.58. The van der Waals surface area contributed by atoms with Crippen molar-refractivity contribution < 1.29 is 5.11 Å². The van der Waals surface area contributed by atoms with Gasteiger partial charge in [-0.15, -0.1) is 0 Å². The van der Waals surface area contributed by atoms with E-state index in [0.717, 1.165) is 11.8 Å². The quantitative estimate of drug-likeness (QED) is 0.726. The van der Waals surface area contributed by atoms with Crippen molar-refractivity contribution in [3.63, 3.8) is 0 Å². The first-order chi connectivity index (χ1) is 6.09. The highest BCUT2D eigenvalue weighted by Crippen LogP contribution is 2.25. The van der Waals surface area contributed by atoms with Crippen molar-refractivity contribution in [1.29, 1.82) is 0 Å². The molecule has 0 aromatic rings. The highest BCUT2D eigenvalue weighted by atomic mass is 32.2. The average molecular weight is 203 g/mol. The molecule has 0 amide bonds. The van der Waals surface area contributed by atoms with Gasteiger partial charge >= 0.3 is 0 Å². The van der Waals surface area contributed by atoms with Crippen LogP contribution in [0.4, 0.5) is 0 Å². The van der Waals surface area contributed by atoms with Crippen molar-refractivity contribution in [2.24, 2.45) is 5.92 Å². The Labute approximate surface area is 85.5 Å². The van der Waals surface area contributed by atoms with Gasteiger partial charge in [0.1, 0.15) is 0 Å². The second-order valence-electron chi connectivity index (χ2n) is 4.30. The summed E-state index contributed by atoms with van der Waals surface area (Å²) in [6.07, 6.45) is 1.05. The SMILES string of the molecule is CC1CC(NCC(O)C(C)C)CS1. The number of aliphatic hydroxyl groups excluding tert-OH is 1. The van der Waals surface area contributed by atoms with Gasteiger partial charge in [0.05, 0.1) is 6.10 Å². The Kier molecular flexibility index (Phi) is 4.56. The van der Waals surface area contributed by atoms with Crippen molar-refractivity contribution in [2.45, 2.75) is 44.6 Å². The molecule has 3 atom stereocenters. The van der Waals surface area contributed by atoms with Gasteiger partial charge < -0.3 is 10.4 Å². The van der Waals surface area contributed by atoms with Gasteiger partial charge in [0.15, 0.2) is 0 Å². The van der Waals surface area contributed by atoms with E-state index in [1.54, 1.807) is 0 Å². The molecule has 0 saturated carbocycles. The van der Waals surface area contributed by atoms with Gasteiger partial charge in [-0.05, 0) is 12.3 Å². The number of rotatable bonds is 4. The molecule has 0 radical (unpaired) electrons. The molecule has 0 aromatic carbocycles. The molecule has 0 bridgehead atoms. The molecule has 1 saturated heterocycles. The standard InChI is InChI=1S/C10H21NOS/c1-7(2)10(12)5-11-9-4-8(3)13-6-9/h7-12H,4-6H2,1-3H3. The highest BCUT2D eigenvalue weighted by Gasteiger charge is 2.22. The zero-order valence-electron chi connectivity index (χ0n) is 8.79. The fourth-order valence-corrected chi connectivity index (χ4v) is 2.67. The maximum Gasteiger partial charge on any atom is 0.0687 e. The van der Waals surface area contributed by atoms with Crippen LogP contribution in [0.25, 0.3) is 0 Å². The monoisotopic (exact) mass is 203 g/mol. The summed E-state index contributed by atoms with van der Waals surface area (Å²) in [4.78, 5) is 0. The molecule has 2 N–H and O–H groups in total. The maximum atomic E-state index is 9.58. The molecule has 1 rings (SSSR count). The Morgan fingerprint density at radius 1 is 1.54 bits per heavy atom. The van der Waals surface area contributed by atoms with Crippen molar-refractivity contribution in [2.75, 3.05) is 12.3 Å². The number of hydrogen-bond donors (Lipinski definition) is 2. The lowest BCUT2D eigenvalue weighted by Gasteiger charge is -2.18. The molecular formula is C10H21NOS. The lowest BCUT2D eigenvalue weighted by atomic mass is 10.1. The summed E-state index contributed by atoms with van der Waals surface area (Å²) < 4.78 is 0. The van der Waals surface area contributed by atoms with Crippen LogP contribution in [0.1, 0.15) is 27.2 Å². The molecule has 1 heterocycles. The van der Waals surface area contributed by atoms with E-state index >= 15 is 0 Å². The fourth-order valence-electron chi connectivity index (χ4n) is 1.48. The second-order valence-corrected chi connectivity index (χ2v) is 5.77. The fraction of sp³-hybridized carbons (Fsp3) is 1.00. The lowest BCUT2D eigenvalue weighted by Crippen LogP contribution is -2.37. The third-order valence-corrected chi connectivity index (χ3v) is 3.94. The van der Waals surface area contributed by atoms with Crippen LogP contribution in [-0.4, -0.2) is 34.8 Å². The predicted octanol–water partition coefficient (Wildman–Crippen LogP) is 1.49. The third kappa shape index (κ3) is 3.88. The van der Waals surface area contributed by atoms with Crippen molar-refractivity contribution in [3.05, 3.63) is 0 Å². The summed E-state index contributed by atoms with van der Waals surface area (Å²) in [6.45, 7) is 7.12. The second kappa shape index (κ2) is 5.23. The molecule has 0 aliphatic carbocycles. The Bertz CT molecular complexity index is 152. The van der Waals surface area contributed by atoms with Gasteiger partial charge in [-0.2, -0.15) is 11.8 Å². The summed E-state index contributed by atoms with van der Waals surface area (Å²) in [5.41, 5.74) is 0. The summed E-state index contributed by atoms with van der Waals surface area (Å²) in [5, 5.41) is 13.8. The van der Waals surface area contributed by atoms with Gasteiger partial charge in [-0.3, -0.25) is 0 Å². The summed E-state index contributed by atoms with van der Waals surface area (Å²) >= 11 is 2.02. The Balaban J connectivity index is 2.12. The zero-order valence-corrected chi connectivity index (χ0v) is 9.60. The minimum absolute atomic E-state index is 0.194. The number of thioether (sulfide) groups is 1. The van der Waals surface area contributed by atoms with E-state index in [1.165, 1.54) is 12.2 Å². The molecule has 13 heavy (non-hydrogen) atoms. The van der Waals surface area contributed by atoms with E-state index in [9.17, 15) is 5.11 Å². The number of nitrogens with one attached hydrogen (secondary N) is 1. The topological polar surface area (TPSA) is 32.3 Å². The minimum atomic E-state index is -0.194. The van der Waals surface area contributed by atoms with Gasteiger partial charge in [0, 0.05) is 23.6 Å². The van der Waals surface area contributed by atoms with E-state index in [2.05, 4.69) is 26.1 Å². The van der Waals surface area contributed by atoms with Gasteiger partial charge in [0.25, 0.3) is 0 Å². The van der Waals surface area contributed by atoms with E-state index < -0.39 is 0 Å². The van der Waals surface area contributed by atoms with Gasteiger partial charge in [-0.1, -0.05) is 20.8 Å². The van der Waals surface area contributed by atoms with Crippen molar-refractivity contribution in [3.8, 4) is 0 Å².